The zero-order chi connectivity index (χ0) is 19.9. The van der Waals surface area contributed by atoms with Crippen molar-refractivity contribution in [1.82, 2.24) is 24.8 Å². The van der Waals surface area contributed by atoms with Crippen LogP contribution in [-0.4, -0.2) is 38.0 Å². The van der Waals surface area contributed by atoms with Gasteiger partial charge in [-0.25, -0.2) is 0 Å². The van der Waals surface area contributed by atoms with Gasteiger partial charge < -0.3 is 9.26 Å². The molecule has 1 fully saturated rings. The second-order valence-electron chi connectivity index (χ2n) is 7.52. The zero-order valence-corrected chi connectivity index (χ0v) is 17.0. The molecule has 0 radical (unpaired) electrons. The Morgan fingerprint density at radius 1 is 1.17 bits per heavy atom. The quantitative estimate of drug-likeness (QED) is 0.514. The highest BCUT2D eigenvalue weighted by Gasteiger charge is 2.29. The molecule has 29 heavy (non-hydrogen) atoms. The Labute approximate surface area is 171 Å². The molecule has 4 rings (SSSR count). The fraction of sp³-hybridized carbons (Fsp3) is 0.500. The molecule has 0 aliphatic carbocycles. The van der Waals surface area contributed by atoms with Gasteiger partial charge in [-0.05, 0) is 31.9 Å². The highest BCUT2D eigenvalue weighted by atomic mass is 16.5. The third-order valence-electron chi connectivity index (χ3n) is 5.36. The van der Waals surface area contributed by atoms with Gasteiger partial charge >= 0.3 is 0 Å². The molecule has 0 saturated carbocycles. The fourth-order valence-corrected chi connectivity index (χ4v) is 3.79. The van der Waals surface area contributed by atoms with Crippen molar-refractivity contribution in [2.24, 2.45) is 0 Å². The lowest BCUT2D eigenvalue weighted by Crippen LogP contribution is -2.33. The van der Waals surface area contributed by atoms with E-state index in [0.29, 0.717) is 19.6 Å². The first kappa shape index (κ1) is 19.8. The van der Waals surface area contributed by atoms with Gasteiger partial charge in [0.1, 0.15) is 0 Å². The van der Waals surface area contributed by atoms with Gasteiger partial charge in [-0.2, -0.15) is 10.1 Å². The molecule has 154 valence electrons. The highest BCUT2D eigenvalue weighted by Crippen LogP contribution is 2.31. The highest BCUT2D eigenvalue weighted by molar-refractivity contribution is 5.13. The molecular formula is C22H29N5O2. The summed E-state index contributed by atoms with van der Waals surface area (Å²) in [4.78, 5) is 7.11. The van der Waals surface area contributed by atoms with E-state index in [1.165, 1.54) is 24.0 Å². The van der Waals surface area contributed by atoms with Crippen molar-refractivity contribution in [3.05, 3.63) is 65.6 Å². The van der Waals surface area contributed by atoms with Crippen LogP contribution in [0.3, 0.4) is 0 Å². The third-order valence-corrected chi connectivity index (χ3v) is 5.36. The molecule has 3 heterocycles. The van der Waals surface area contributed by atoms with E-state index in [1.54, 1.807) is 0 Å². The van der Waals surface area contributed by atoms with Crippen LogP contribution in [0.4, 0.5) is 0 Å². The molecule has 0 bridgehead atoms. The number of rotatable bonds is 9. The molecule has 7 nitrogen and oxygen atoms in total. The van der Waals surface area contributed by atoms with Crippen molar-refractivity contribution in [3.8, 4) is 0 Å². The van der Waals surface area contributed by atoms with Crippen molar-refractivity contribution >= 4 is 0 Å². The van der Waals surface area contributed by atoms with E-state index in [0.717, 1.165) is 37.8 Å². The van der Waals surface area contributed by atoms with E-state index < -0.39 is 0 Å². The van der Waals surface area contributed by atoms with E-state index in [2.05, 4.69) is 45.4 Å². The summed E-state index contributed by atoms with van der Waals surface area (Å²) < 4.78 is 13.4. The van der Waals surface area contributed by atoms with E-state index in [1.807, 2.05) is 29.1 Å². The largest absolute Gasteiger partial charge is 0.376 e. The van der Waals surface area contributed by atoms with Gasteiger partial charge in [0.05, 0.1) is 25.5 Å². The molecule has 1 unspecified atom stereocenters. The second kappa shape index (κ2) is 9.80. The summed E-state index contributed by atoms with van der Waals surface area (Å²) in [5.74, 6) is 1.45. The van der Waals surface area contributed by atoms with E-state index >= 15 is 0 Å². The molecule has 0 amide bonds. The lowest BCUT2D eigenvalue weighted by atomic mass is 10.0. The second-order valence-corrected chi connectivity index (χ2v) is 7.52. The lowest BCUT2D eigenvalue weighted by molar-refractivity contribution is 0.111. The maximum atomic E-state index is 5.75. The predicted octanol–water partition coefficient (Wildman–Crippen LogP) is 3.77. The van der Waals surface area contributed by atoms with Crippen molar-refractivity contribution in [3.63, 3.8) is 0 Å². The number of likely N-dealkylation sites (tertiary alicyclic amines) is 1. The Morgan fingerprint density at radius 2 is 2.07 bits per heavy atom. The van der Waals surface area contributed by atoms with Gasteiger partial charge in [0.15, 0.2) is 5.82 Å². The number of hydrogen-bond donors (Lipinski definition) is 0. The minimum atomic E-state index is 0.181. The normalized spacial score (nSPS) is 17.6. The van der Waals surface area contributed by atoms with Crippen LogP contribution in [0.2, 0.25) is 0 Å². The summed E-state index contributed by atoms with van der Waals surface area (Å²) in [7, 11) is 0. The molecule has 3 aromatic rings. The minimum Gasteiger partial charge on any atom is -0.376 e. The molecule has 1 aliphatic rings. The van der Waals surface area contributed by atoms with Gasteiger partial charge in [0.2, 0.25) is 5.89 Å². The molecule has 2 aromatic heterocycles. The number of benzene rings is 1. The number of hydrogen-bond acceptors (Lipinski definition) is 6. The summed E-state index contributed by atoms with van der Waals surface area (Å²) >= 11 is 0. The maximum absolute atomic E-state index is 5.75. The number of piperidine rings is 1. The summed E-state index contributed by atoms with van der Waals surface area (Å²) in [5.41, 5.74) is 2.40. The maximum Gasteiger partial charge on any atom is 0.244 e. The van der Waals surface area contributed by atoms with Crippen molar-refractivity contribution in [1.29, 1.82) is 0 Å². The third kappa shape index (κ3) is 5.31. The Balaban J connectivity index is 1.31. The van der Waals surface area contributed by atoms with Crippen LogP contribution in [-0.2, 0) is 30.9 Å². The molecule has 0 spiro atoms. The summed E-state index contributed by atoms with van der Waals surface area (Å²) in [6.45, 7) is 6.08. The first-order valence-corrected chi connectivity index (χ1v) is 10.5. The fourth-order valence-electron chi connectivity index (χ4n) is 3.79. The van der Waals surface area contributed by atoms with Gasteiger partial charge in [0.25, 0.3) is 0 Å². The van der Waals surface area contributed by atoms with Crippen molar-refractivity contribution in [2.75, 3.05) is 13.2 Å². The van der Waals surface area contributed by atoms with Crippen LogP contribution in [0.5, 0.6) is 0 Å². The van der Waals surface area contributed by atoms with Crippen LogP contribution in [0.25, 0.3) is 0 Å². The molecule has 0 N–H and O–H groups in total. The Morgan fingerprint density at radius 3 is 2.90 bits per heavy atom. The van der Waals surface area contributed by atoms with E-state index in [-0.39, 0.29) is 6.04 Å². The van der Waals surface area contributed by atoms with Crippen LogP contribution in [0, 0.1) is 0 Å². The van der Waals surface area contributed by atoms with Gasteiger partial charge in [-0.15, -0.1) is 0 Å². The Kier molecular flexibility index (Phi) is 6.69. The van der Waals surface area contributed by atoms with Gasteiger partial charge in [-0.3, -0.25) is 9.58 Å². The molecular weight excluding hydrogens is 366 g/mol. The van der Waals surface area contributed by atoms with Crippen LogP contribution >= 0.6 is 0 Å². The van der Waals surface area contributed by atoms with Crippen LogP contribution < -0.4 is 0 Å². The molecule has 1 aliphatic heterocycles. The Bertz CT molecular complexity index is 876. The summed E-state index contributed by atoms with van der Waals surface area (Å²) in [6, 6.07) is 10.4. The number of aryl methyl sites for hydroxylation is 1. The average Bonchev–Trinajstić information content (AvgIpc) is 3.42. The van der Waals surface area contributed by atoms with Crippen LogP contribution in [0.15, 0.2) is 47.2 Å². The first-order chi connectivity index (χ1) is 14.3. The van der Waals surface area contributed by atoms with E-state index in [4.69, 9.17) is 9.26 Å². The van der Waals surface area contributed by atoms with E-state index in [9.17, 15) is 0 Å². The predicted molar refractivity (Wildman–Crippen MR) is 109 cm³/mol. The first-order valence-electron chi connectivity index (χ1n) is 10.5. The van der Waals surface area contributed by atoms with Crippen molar-refractivity contribution < 1.29 is 9.26 Å². The van der Waals surface area contributed by atoms with Gasteiger partial charge in [-0.1, -0.05) is 41.9 Å². The zero-order valence-electron chi connectivity index (χ0n) is 17.0. The molecule has 1 saturated heterocycles. The smallest absolute Gasteiger partial charge is 0.244 e. The summed E-state index contributed by atoms with van der Waals surface area (Å²) in [6.07, 6.45) is 8.17. The molecule has 7 heteroatoms. The average molecular weight is 396 g/mol. The number of nitrogens with zero attached hydrogens (tertiary/aromatic N) is 5. The minimum absolute atomic E-state index is 0.181. The molecule has 1 atom stereocenters. The van der Waals surface area contributed by atoms with Crippen molar-refractivity contribution in [2.45, 2.75) is 58.3 Å². The monoisotopic (exact) mass is 395 g/mol. The molecule has 1 aromatic carbocycles. The number of aromatic nitrogens is 4. The number of ether oxygens (including phenoxy) is 1. The lowest BCUT2D eigenvalue weighted by Gasteiger charge is -2.32. The Hall–Kier alpha value is -2.51. The standard InChI is InChI=1S/C22H29N5O2/c1-2-27-16-19(14-23-27)15-26-12-7-6-10-20(26)22-24-21(25-29-22)11-13-28-17-18-8-4-3-5-9-18/h3-5,8-9,14,16,20H,2,6-7,10-13,15,17H2,1H3. The van der Waals surface area contributed by atoms with Gasteiger partial charge in [0, 0.05) is 31.3 Å². The SMILES string of the molecule is CCn1cc(CN2CCCCC2c2nc(CCOCc3ccccc3)no2)cn1. The summed E-state index contributed by atoms with van der Waals surface area (Å²) in [5, 5.41) is 8.58. The van der Waals surface area contributed by atoms with Crippen LogP contribution in [0.1, 0.15) is 55.1 Å². The topological polar surface area (TPSA) is 69.2 Å².